The van der Waals surface area contributed by atoms with Crippen LogP contribution in [0.5, 0.6) is 0 Å². The van der Waals surface area contributed by atoms with Gasteiger partial charge in [-0.2, -0.15) is 22.0 Å². The van der Waals surface area contributed by atoms with Crippen molar-refractivity contribution in [2.24, 2.45) is 0 Å². The lowest BCUT2D eigenvalue weighted by Gasteiger charge is -2.23. The molecule has 0 saturated carbocycles. The van der Waals surface area contributed by atoms with Crippen molar-refractivity contribution >= 4 is 0 Å². The molecular formula is C8H8F6. The van der Waals surface area contributed by atoms with Crippen molar-refractivity contribution in [3.05, 3.63) is 11.6 Å². The van der Waals surface area contributed by atoms with Gasteiger partial charge in [-0.15, -0.1) is 0 Å². The van der Waals surface area contributed by atoms with Crippen LogP contribution < -0.4 is 0 Å². The topological polar surface area (TPSA) is 0 Å². The lowest BCUT2D eigenvalue weighted by molar-refractivity contribution is -0.234. The molecule has 0 aromatic rings. The van der Waals surface area contributed by atoms with Gasteiger partial charge in [-0.05, 0) is 24.8 Å². The zero-order valence-corrected chi connectivity index (χ0v) is 7.04. The molecule has 1 unspecified atom stereocenters. The van der Waals surface area contributed by atoms with Crippen LogP contribution in [0.1, 0.15) is 19.3 Å². The minimum Gasteiger partial charge on any atom is -0.230 e. The summed E-state index contributed by atoms with van der Waals surface area (Å²) in [5.74, 6) is -4.41. The highest BCUT2D eigenvalue weighted by Crippen LogP contribution is 2.42. The molecule has 1 aliphatic rings. The van der Waals surface area contributed by atoms with Gasteiger partial charge in [0.05, 0.1) is 0 Å². The van der Waals surface area contributed by atoms with Crippen molar-refractivity contribution in [3.8, 4) is 0 Å². The average Bonchev–Trinajstić information content (AvgIpc) is 2.53. The summed E-state index contributed by atoms with van der Waals surface area (Å²) in [5.41, 5.74) is -0.734. The van der Waals surface area contributed by atoms with Crippen molar-refractivity contribution < 1.29 is 26.3 Å². The van der Waals surface area contributed by atoms with Gasteiger partial charge in [-0.1, -0.05) is 6.08 Å². The fraction of sp³-hybridized carbons (Fsp3) is 0.750. The number of rotatable bonds is 2. The zero-order chi connectivity index (χ0) is 11.0. The Kier molecular flexibility index (Phi) is 2.83. The molecule has 0 aliphatic heterocycles. The summed E-state index contributed by atoms with van der Waals surface area (Å²) in [6, 6.07) is 0. The van der Waals surface area contributed by atoms with E-state index in [0.717, 1.165) is 6.08 Å². The van der Waals surface area contributed by atoms with Crippen LogP contribution in [0.2, 0.25) is 0 Å². The van der Waals surface area contributed by atoms with Crippen LogP contribution in [0.15, 0.2) is 11.6 Å². The van der Waals surface area contributed by atoms with Crippen LogP contribution >= 0.6 is 0 Å². The van der Waals surface area contributed by atoms with Gasteiger partial charge in [-0.3, -0.25) is 0 Å². The Morgan fingerprint density at radius 2 is 1.71 bits per heavy atom. The quantitative estimate of drug-likeness (QED) is 0.490. The van der Waals surface area contributed by atoms with E-state index < -0.39 is 23.8 Å². The molecule has 1 aliphatic carbocycles. The molecule has 1 rings (SSSR count). The first-order chi connectivity index (χ1) is 6.26. The lowest BCUT2D eigenvalue weighted by atomic mass is 10.0. The summed E-state index contributed by atoms with van der Waals surface area (Å²) in [4.78, 5) is 0. The maximum Gasteiger partial charge on any atom is 0.426 e. The fourth-order valence-corrected chi connectivity index (χ4v) is 1.34. The molecule has 0 aromatic carbocycles. The van der Waals surface area contributed by atoms with E-state index in [1.54, 1.807) is 0 Å². The molecule has 0 heterocycles. The normalized spacial score (nSPS) is 20.9. The molecule has 0 radical (unpaired) electrons. The Morgan fingerprint density at radius 3 is 2.07 bits per heavy atom. The molecule has 0 saturated heterocycles. The highest BCUT2D eigenvalue weighted by molar-refractivity contribution is 5.19. The van der Waals surface area contributed by atoms with Crippen LogP contribution in [0, 0.1) is 0 Å². The van der Waals surface area contributed by atoms with E-state index in [1.807, 2.05) is 0 Å². The van der Waals surface area contributed by atoms with Crippen LogP contribution in [-0.2, 0) is 0 Å². The molecular weight excluding hydrogens is 210 g/mol. The second-order valence-corrected chi connectivity index (χ2v) is 3.15. The predicted molar refractivity (Wildman–Crippen MR) is 37.8 cm³/mol. The van der Waals surface area contributed by atoms with Gasteiger partial charge >= 0.3 is 12.1 Å². The highest BCUT2D eigenvalue weighted by Gasteiger charge is 2.58. The third kappa shape index (κ3) is 2.04. The van der Waals surface area contributed by atoms with E-state index in [0.29, 0.717) is 6.42 Å². The van der Waals surface area contributed by atoms with E-state index >= 15 is 0 Å². The summed E-state index contributed by atoms with van der Waals surface area (Å²) in [6.45, 7) is 0. The maximum absolute atomic E-state index is 12.9. The van der Waals surface area contributed by atoms with Crippen molar-refractivity contribution in [1.82, 2.24) is 0 Å². The molecule has 0 spiro atoms. The second-order valence-electron chi connectivity index (χ2n) is 3.15. The van der Waals surface area contributed by atoms with E-state index in [-0.39, 0.29) is 12.8 Å². The minimum atomic E-state index is -5.51. The molecule has 82 valence electrons. The van der Waals surface area contributed by atoms with Gasteiger partial charge in [-0.25, -0.2) is 4.39 Å². The lowest BCUT2D eigenvalue weighted by Crippen LogP contribution is -2.42. The van der Waals surface area contributed by atoms with Crippen LogP contribution in [0.4, 0.5) is 26.3 Å². The molecule has 0 aromatic heterocycles. The fourth-order valence-electron chi connectivity index (χ4n) is 1.34. The molecule has 0 amide bonds. The highest BCUT2D eigenvalue weighted by atomic mass is 19.4. The van der Waals surface area contributed by atoms with Crippen LogP contribution in [0.25, 0.3) is 0 Å². The summed E-state index contributed by atoms with van der Waals surface area (Å²) in [6.07, 6.45) is -8.14. The molecule has 6 heteroatoms. The Balaban J connectivity index is 2.83. The van der Waals surface area contributed by atoms with E-state index in [9.17, 15) is 26.3 Å². The monoisotopic (exact) mass is 218 g/mol. The third-order valence-corrected chi connectivity index (χ3v) is 2.07. The number of alkyl halides is 6. The van der Waals surface area contributed by atoms with E-state index in [2.05, 4.69) is 0 Å². The average molecular weight is 218 g/mol. The standard InChI is InChI=1S/C8H8F6/c9-6(8(12,13)14)7(10,11)5-3-1-2-4-5/h3,6H,1-2,4H2. The number of hydrogen-bond donors (Lipinski definition) is 0. The van der Waals surface area contributed by atoms with Gasteiger partial charge in [0, 0.05) is 0 Å². The molecule has 0 fully saturated rings. The first-order valence-corrected chi connectivity index (χ1v) is 4.04. The molecule has 0 N–H and O–H groups in total. The molecule has 14 heavy (non-hydrogen) atoms. The van der Waals surface area contributed by atoms with Crippen molar-refractivity contribution in [2.45, 2.75) is 37.5 Å². The Morgan fingerprint density at radius 1 is 1.14 bits per heavy atom. The van der Waals surface area contributed by atoms with Crippen LogP contribution in [-0.4, -0.2) is 18.3 Å². The van der Waals surface area contributed by atoms with Crippen molar-refractivity contribution in [2.75, 3.05) is 0 Å². The summed E-state index contributed by atoms with van der Waals surface area (Å²) in [5, 5.41) is 0. The number of hydrogen-bond acceptors (Lipinski definition) is 0. The van der Waals surface area contributed by atoms with Gasteiger partial charge in [0.1, 0.15) is 0 Å². The predicted octanol–water partition coefficient (Wildman–Crippen LogP) is 3.63. The van der Waals surface area contributed by atoms with Gasteiger partial charge < -0.3 is 0 Å². The maximum atomic E-state index is 12.9. The first kappa shape index (κ1) is 11.4. The smallest absolute Gasteiger partial charge is 0.230 e. The molecule has 0 bridgehead atoms. The van der Waals surface area contributed by atoms with E-state index in [1.165, 1.54) is 0 Å². The second kappa shape index (κ2) is 3.47. The van der Waals surface area contributed by atoms with Crippen molar-refractivity contribution in [3.63, 3.8) is 0 Å². The van der Waals surface area contributed by atoms with Crippen LogP contribution in [0.3, 0.4) is 0 Å². The minimum absolute atomic E-state index is 0.163. The Bertz CT molecular complexity index is 239. The molecule has 0 nitrogen and oxygen atoms in total. The summed E-state index contributed by atoms with van der Waals surface area (Å²) < 4.78 is 73.3. The number of halogens is 6. The first-order valence-electron chi connectivity index (χ1n) is 4.04. The SMILES string of the molecule is FC(C(F)(F)F)C(F)(F)C1=CCCC1. The molecule has 1 atom stereocenters. The summed E-state index contributed by atoms with van der Waals surface area (Å²) >= 11 is 0. The van der Waals surface area contributed by atoms with Crippen molar-refractivity contribution in [1.29, 1.82) is 0 Å². The van der Waals surface area contributed by atoms with Gasteiger partial charge in [0.2, 0.25) is 0 Å². The Labute approximate surface area is 76.6 Å². The van der Waals surface area contributed by atoms with Gasteiger partial charge in [0.25, 0.3) is 6.17 Å². The van der Waals surface area contributed by atoms with Gasteiger partial charge in [0.15, 0.2) is 0 Å². The Hall–Kier alpha value is -0.680. The largest absolute Gasteiger partial charge is 0.426 e. The zero-order valence-electron chi connectivity index (χ0n) is 7.04. The third-order valence-electron chi connectivity index (χ3n) is 2.07. The van der Waals surface area contributed by atoms with E-state index in [4.69, 9.17) is 0 Å². The summed E-state index contributed by atoms with van der Waals surface area (Å²) in [7, 11) is 0. The number of allylic oxidation sites excluding steroid dienone is 2.